The summed E-state index contributed by atoms with van der Waals surface area (Å²) in [7, 11) is 0. The van der Waals surface area contributed by atoms with Crippen molar-refractivity contribution >= 4 is 64.0 Å². The number of carbonyl (C=O) groups excluding carboxylic acids is 2. The average molecular weight is 427 g/mol. The van der Waals surface area contributed by atoms with Crippen LogP contribution in [-0.2, 0) is 9.59 Å². The van der Waals surface area contributed by atoms with E-state index in [1.54, 1.807) is 56.3 Å². The summed E-state index contributed by atoms with van der Waals surface area (Å²) in [6.07, 6.45) is 0. The van der Waals surface area contributed by atoms with Gasteiger partial charge in [-0.15, -0.1) is 0 Å². The quantitative estimate of drug-likeness (QED) is 0.569. The van der Waals surface area contributed by atoms with Crippen LogP contribution >= 0.6 is 46.6 Å². The molecule has 1 heterocycles. The SMILES string of the molecule is CC(C)N1C(=O)C(Sc2ccc(Cl)cc2)=C(c2ccc(Cl)cc2Cl)C1=O. The first kappa shape index (κ1) is 19.3. The van der Waals surface area contributed by atoms with E-state index in [4.69, 9.17) is 34.8 Å². The summed E-state index contributed by atoms with van der Waals surface area (Å²) in [5.41, 5.74) is 0.791. The Labute approximate surface area is 170 Å². The van der Waals surface area contributed by atoms with Crippen LogP contribution in [0.15, 0.2) is 52.3 Å². The number of hydrogen-bond donors (Lipinski definition) is 0. The Morgan fingerprint density at radius 2 is 1.50 bits per heavy atom. The third-order valence-electron chi connectivity index (χ3n) is 3.82. The zero-order valence-electron chi connectivity index (χ0n) is 13.9. The number of carbonyl (C=O) groups is 2. The van der Waals surface area contributed by atoms with Crippen LogP contribution in [0.5, 0.6) is 0 Å². The van der Waals surface area contributed by atoms with Crippen LogP contribution < -0.4 is 0 Å². The van der Waals surface area contributed by atoms with Gasteiger partial charge in [-0.05, 0) is 50.2 Å². The highest BCUT2D eigenvalue weighted by atomic mass is 35.5. The van der Waals surface area contributed by atoms with Crippen molar-refractivity contribution in [3.63, 3.8) is 0 Å². The van der Waals surface area contributed by atoms with Crippen molar-refractivity contribution in [2.45, 2.75) is 24.8 Å². The normalized spacial score (nSPS) is 14.8. The number of thioether (sulfide) groups is 1. The van der Waals surface area contributed by atoms with Gasteiger partial charge in [-0.25, -0.2) is 0 Å². The van der Waals surface area contributed by atoms with E-state index in [-0.39, 0.29) is 17.9 Å². The highest BCUT2D eigenvalue weighted by Gasteiger charge is 2.41. The van der Waals surface area contributed by atoms with Crippen molar-refractivity contribution in [3.05, 3.63) is 68.0 Å². The number of hydrogen-bond acceptors (Lipinski definition) is 3. The van der Waals surface area contributed by atoms with Gasteiger partial charge < -0.3 is 0 Å². The maximum absolute atomic E-state index is 13.0. The lowest BCUT2D eigenvalue weighted by molar-refractivity contribution is -0.138. The summed E-state index contributed by atoms with van der Waals surface area (Å²) >= 11 is 19.4. The summed E-state index contributed by atoms with van der Waals surface area (Å²) in [6.45, 7) is 3.60. The van der Waals surface area contributed by atoms with Crippen LogP contribution in [0.2, 0.25) is 15.1 Å². The number of halogens is 3. The van der Waals surface area contributed by atoms with Gasteiger partial charge in [-0.1, -0.05) is 52.6 Å². The van der Waals surface area contributed by atoms with Crippen molar-refractivity contribution in [2.75, 3.05) is 0 Å². The minimum atomic E-state index is -0.356. The van der Waals surface area contributed by atoms with E-state index >= 15 is 0 Å². The molecule has 7 heteroatoms. The van der Waals surface area contributed by atoms with Crippen LogP contribution in [0.1, 0.15) is 19.4 Å². The molecule has 3 rings (SSSR count). The van der Waals surface area contributed by atoms with Crippen LogP contribution in [0.25, 0.3) is 5.57 Å². The predicted molar refractivity (Wildman–Crippen MR) is 108 cm³/mol. The number of amides is 2. The Morgan fingerprint density at radius 3 is 2.08 bits per heavy atom. The number of imide groups is 1. The Balaban J connectivity index is 2.14. The van der Waals surface area contributed by atoms with Crippen LogP contribution in [0, 0.1) is 0 Å². The standard InChI is InChI=1S/C19H14Cl3NO2S/c1-10(2)23-18(24)16(14-8-5-12(21)9-15(14)22)17(19(23)25)26-13-6-3-11(20)4-7-13/h3-10H,1-2H3. The molecule has 0 spiro atoms. The van der Waals surface area contributed by atoms with Crippen molar-refractivity contribution in [3.8, 4) is 0 Å². The van der Waals surface area contributed by atoms with Gasteiger partial charge in [0.2, 0.25) is 0 Å². The Morgan fingerprint density at radius 1 is 0.885 bits per heavy atom. The molecule has 0 atom stereocenters. The van der Waals surface area contributed by atoms with Gasteiger partial charge in [0.25, 0.3) is 11.8 Å². The molecule has 1 aliphatic rings. The fourth-order valence-electron chi connectivity index (χ4n) is 2.64. The molecule has 2 amide bonds. The number of rotatable bonds is 4. The summed E-state index contributed by atoms with van der Waals surface area (Å²) in [5.74, 6) is -0.684. The molecular formula is C19H14Cl3NO2S. The summed E-state index contributed by atoms with van der Waals surface area (Å²) < 4.78 is 0. The molecule has 2 aromatic rings. The minimum absolute atomic E-state index is 0.264. The first-order valence-electron chi connectivity index (χ1n) is 7.80. The van der Waals surface area contributed by atoms with Gasteiger partial charge in [-0.3, -0.25) is 14.5 Å². The van der Waals surface area contributed by atoms with E-state index in [1.165, 1.54) is 16.7 Å². The van der Waals surface area contributed by atoms with Crippen LogP contribution in [0.4, 0.5) is 0 Å². The molecule has 0 aliphatic carbocycles. The molecule has 134 valence electrons. The van der Waals surface area contributed by atoms with Gasteiger partial charge in [0.15, 0.2) is 0 Å². The van der Waals surface area contributed by atoms with Gasteiger partial charge in [-0.2, -0.15) is 0 Å². The fourth-order valence-corrected chi connectivity index (χ4v) is 4.26. The molecule has 26 heavy (non-hydrogen) atoms. The van der Waals surface area contributed by atoms with E-state index in [2.05, 4.69) is 0 Å². The van der Waals surface area contributed by atoms with E-state index < -0.39 is 0 Å². The second-order valence-corrected chi connectivity index (χ2v) is 8.32. The maximum atomic E-state index is 13.0. The monoisotopic (exact) mass is 425 g/mol. The van der Waals surface area contributed by atoms with Crippen LogP contribution in [0.3, 0.4) is 0 Å². The topological polar surface area (TPSA) is 37.4 Å². The second-order valence-electron chi connectivity index (χ2n) is 5.96. The van der Waals surface area contributed by atoms with E-state index in [9.17, 15) is 9.59 Å². The zero-order valence-corrected chi connectivity index (χ0v) is 17.0. The van der Waals surface area contributed by atoms with Gasteiger partial charge in [0.1, 0.15) is 0 Å². The first-order chi connectivity index (χ1) is 12.3. The molecule has 0 bridgehead atoms. The highest BCUT2D eigenvalue weighted by molar-refractivity contribution is 8.04. The number of nitrogens with zero attached hydrogens (tertiary/aromatic N) is 1. The summed E-state index contributed by atoms with van der Waals surface area (Å²) in [6, 6.07) is 11.7. The third-order valence-corrected chi connectivity index (χ3v) is 5.71. The van der Waals surface area contributed by atoms with Crippen molar-refractivity contribution in [2.24, 2.45) is 0 Å². The molecule has 0 fully saturated rings. The molecular weight excluding hydrogens is 413 g/mol. The van der Waals surface area contributed by atoms with Gasteiger partial charge in [0.05, 0.1) is 15.5 Å². The van der Waals surface area contributed by atoms with E-state index in [1.807, 2.05) is 0 Å². The van der Waals surface area contributed by atoms with Crippen molar-refractivity contribution in [1.29, 1.82) is 0 Å². The van der Waals surface area contributed by atoms with Gasteiger partial charge >= 0.3 is 0 Å². The van der Waals surface area contributed by atoms with Crippen molar-refractivity contribution < 1.29 is 9.59 Å². The maximum Gasteiger partial charge on any atom is 0.268 e. The Bertz CT molecular complexity index is 923. The molecule has 2 aromatic carbocycles. The zero-order chi connectivity index (χ0) is 19.0. The molecule has 1 aliphatic heterocycles. The number of benzene rings is 2. The van der Waals surface area contributed by atoms with Gasteiger partial charge in [0, 0.05) is 26.5 Å². The minimum Gasteiger partial charge on any atom is -0.271 e. The summed E-state index contributed by atoms with van der Waals surface area (Å²) in [4.78, 5) is 28.3. The lowest BCUT2D eigenvalue weighted by Crippen LogP contribution is -2.37. The molecule has 0 aromatic heterocycles. The van der Waals surface area contributed by atoms with E-state index in [0.29, 0.717) is 31.1 Å². The van der Waals surface area contributed by atoms with E-state index in [0.717, 1.165) is 4.90 Å². The fraction of sp³-hybridized carbons (Fsp3) is 0.158. The molecule has 0 saturated carbocycles. The Hall–Kier alpha value is -1.46. The largest absolute Gasteiger partial charge is 0.271 e. The second kappa shape index (κ2) is 7.65. The smallest absolute Gasteiger partial charge is 0.268 e. The summed E-state index contributed by atoms with van der Waals surface area (Å²) in [5, 5.41) is 1.39. The average Bonchev–Trinajstić information content (AvgIpc) is 2.80. The lowest BCUT2D eigenvalue weighted by Gasteiger charge is -2.19. The molecule has 0 N–H and O–H groups in total. The van der Waals surface area contributed by atoms with Crippen molar-refractivity contribution in [1.82, 2.24) is 4.90 Å². The highest BCUT2D eigenvalue weighted by Crippen LogP contribution is 2.42. The first-order valence-corrected chi connectivity index (χ1v) is 9.75. The molecule has 3 nitrogen and oxygen atoms in total. The molecule has 0 saturated heterocycles. The van der Waals surface area contributed by atoms with Crippen LogP contribution in [-0.4, -0.2) is 22.8 Å². The Kier molecular flexibility index (Phi) is 5.68. The third kappa shape index (κ3) is 3.65. The predicted octanol–water partition coefficient (Wildman–Crippen LogP) is 5.93. The molecule has 0 radical (unpaired) electrons. The molecule has 0 unspecified atom stereocenters. The lowest BCUT2D eigenvalue weighted by atomic mass is 10.1.